The molecule has 29 heavy (non-hydrogen) atoms. The van der Waals surface area contributed by atoms with Crippen molar-refractivity contribution in [2.75, 3.05) is 16.8 Å². The van der Waals surface area contributed by atoms with Crippen LogP contribution in [0.1, 0.15) is 23.4 Å². The molecule has 1 aromatic heterocycles. The fraction of sp³-hybridized carbons (Fsp3) is 0.273. The summed E-state index contributed by atoms with van der Waals surface area (Å²) in [7, 11) is 0. The molecule has 0 aliphatic carbocycles. The smallest absolute Gasteiger partial charge is 0.229 e. The summed E-state index contributed by atoms with van der Waals surface area (Å²) in [4.78, 5) is 31.2. The molecule has 2 aromatic carbocycles. The molecule has 0 bridgehead atoms. The van der Waals surface area contributed by atoms with Crippen LogP contribution in [-0.4, -0.2) is 28.5 Å². The fourth-order valence-corrected chi connectivity index (χ4v) is 3.55. The number of amides is 2. The van der Waals surface area contributed by atoms with Crippen molar-refractivity contribution in [1.29, 1.82) is 0 Å². The second kappa shape index (κ2) is 7.50. The standard InChI is InChI=1S/C22H22N4O3/c1-13-7-8-19(14(2)9-13)24-22(28)17-11-20(27)26(12-17)18-6-4-5-16(10-18)21-23-15(3)29-25-21/h4-10,17H,11-12H2,1-3H3,(H,24,28)/t17-/m1/s1. The van der Waals surface area contributed by atoms with Gasteiger partial charge in [-0.1, -0.05) is 35.0 Å². The SMILES string of the molecule is Cc1ccc(NC(=O)[C@@H]2CC(=O)N(c3cccc(-c4noc(C)n4)c3)C2)c(C)c1. The number of nitrogens with zero attached hydrogens (tertiary/aromatic N) is 3. The van der Waals surface area contributed by atoms with E-state index in [4.69, 9.17) is 4.52 Å². The second-order valence-electron chi connectivity index (χ2n) is 7.40. The molecule has 2 heterocycles. The average molecular weight is 390 g/mol. The first-order chi connectivity index (χ1) is 13.9. The fourth-order valence-electron chi connectivity index (χ4n) is 3.55. The minimum atomic E-state index is -0.403. The van der Waals surface area contributed by atoms with Gasteiger partial charge in [-0.2, -0.15) is 4.98 Å². The summed E-state index contributed by atoms with van der Waals surface area (Å²) in [5.74, 6) is 0.329. The molecule has 2 amide bonds. The highest BCUT2D eigenvalue weighted by Crippen LogP contribution is 2.29. The number of nitrogens with one attached hydrogen (secondary N) is 1. The lowest BCUT2D eigenvalue weighted by molar-refractivity contribution is -0.122. The Labute approximate surface area is 168 Å². The molecule has 7 heteroatoms. The first kappa shape index (κ1) is 18.9. The minimum absolute atomic E-state index is 0.0766. The van der Waals surface area contributed by atoms with E-state index in [1.54, 1.807) is 11.8 Å². The van der Waals surface area contributed by atoms with Gasteiger partial charge in [0.15, 0.2) is 0 Å². The van der Waals surface area contributed by atoms with Gasteiger partial charge in [0.25, 0.3) is 0 Å². The molecule has 0 spiro atoms. The van der Waals surface area contributed by atoms with Gasteiger partial charge in [0.1, 0.15) is 0 Å². The second-order valence-corrected chi connectivity index (χ2v) is 7.40. The molecular weight excluding hydrogens is 368 g/mol. The molecule has 7 nitrogen and oxygen atoms in total. The van der Waals surface area contributed by atoms with Gasteiger partial charge in [0.2, 0.25) is 23.5 Å². The third kappa shape index (κ3) is 3.89. The maximum atomic E-state index is 12.7. The Balaban J connectivity index is 1.50. The lowest BCUT2D eigenvalue weighted by Gasteiger charge is -2.17. The maximum absolute atomic E-state index is 12.7. The molecule has 0 saturated carbocycles. The van der Waals surface area contributed by atoms with Crippen LogP contribution in [-0.2, 0) is 9.59 Å². The molecule has 3 aromatic rings. The van der Waals surface area contributed by atoms with Crippen LogP contribution in [0.25, 0.3) is 11.4 Å². The third-order valence-electron chi connectivity index (χ3n) is 5.08. The minimum Gasteiger partial charge on any atom is -0.339 e. The number of hydrogen-bond donors (Lipinski definition) is 1. The van der Waals surface area contributed by atoms with Crippen LogP contribution in [0.2, 0.25) is 0 Å². The Morgan fingerprint density at radius 1 is 1.17 bits per heavy atom. The topological polar surface area (TPSA) is 88.3 Å². The van der Waals surface area contributed by atoms with Crippen molar-refractivity contribution in [1.82, 2.24) is 10.1 Å². The van der Waals surface area contributed by atoms with E-state index in [0.717, 1.165) is 28.1 Å². The van der Waals surface area contributed by atoms with Gasteiger partial charge in [-0.25, -0.2) is 0 Å². The van der Waals surface area contributed by atoms with Crippen LogP contribution >= 0.6 is 0 Å². The molecule has 0 radical (unpaired) electrons. The van der Waals surface area contributed by atoms with Crippen molar-refractivity contribution in [2.45, 2.75) is 27.2 Å². The van der Waals surface area contributed by atoms with Crippen molar-refractivity contribution >= 4 is 23.2 Å². The van der Waals surface area contributed by atoms with Crippen molar-refractivity contribution in [3.63, 3.8) is 0 Å². The van der Waals surface area contributed by atoms with Crippen molar-refractivity contribution in [2.24, 2.45) is 5.92 Å². The lowest BCUT2D eigenvalue weighted by atomic mass is 10.1. The van der Waals surface area contributed by atoms with E-state index in [0.29, 0.717) is 18.3 Å². The summed E-state index contributed by atoms with van der Waals surface area (Å²) in [6.45, 7) is 6.03. The zero-order valence-corrected chi connectivity index (χ0v) is 16.6. The van der Waals surface area contributed by atoms with E-state index in [2.05, 4.69) is 15.5 Å². The first-order valence-electron chi connectivity index (χ1n) is 9.50. The molecule has 1 aliphatic rings. The largest absolute Gasteiger partial charge is 0.339 e. The summed E-state index contributed by atoms with van der Waals surface area (Å²) in [5, 5.41) is 6.89. The molecule has 1 fully saturated rings. The van der Waals surface area contributed by atoms with Crippen LogP contribution in [0.15, 0.2) is 47.0 Å². The Morgan fingerprint density at radius 2 is 2.00 bits per heavy atom. The molecule has 1 atom stereocenters. The quantitative estimate of drug-likeness (QED) is 0.735. The van der Waals surface area contributed by atoms with Gasteiger partial charge >= 0.3 is 0 Å². The molecule has 4 rings (SSSR count). The van der Waals surface area contributed by atoms with E-state index in [1.165, 1.54) is 0 Å². The van der Waals surface area contributed by atoms with E-state index in [1.807, 2.05) is 56.3 Å². The number of benzene rings is 2. The highest BCUT2D eigenvalue weighted by Gasteiger charge is 2.35. The van der Waals surface area contributed by atoms with E-state index in [-0.39, 0.29) is 18.2 Å². The Morgan fingerprint density at radius 3 is 2.72 bits per heavy atom. The van der Waals surface area contributed by atoms with Crippen LogP contribution in [0.5, 0.6) is 0 Å². The molecular formula is C22H22N4O3. The number of anilines is 2. The third-order valence-corrected chi connectivity index (χ3v) is 5.08. The van der Waals surface area contributed by atoms with Gasteiger partial charge < -0.3 is 14.7 Å². The van der Waals surface area contributed by atoms with Gasteiger partial charge in [-0.05, 0) is 37.6 Å². The summed E-state index contributed by atoms with van der Waals surface area (Å²) >= 11 is 0. The number of aromatic nitrogens is 2. The van der Waals surface area contributed by atoms with Gasteiger partial charge in [0.05, 0.1) is 5.92 Å². The van der Waals surface area contributed by atoms with Crippen LogP contribution in [0.4, 0.5) is 11.4 Å². The molecule has 0 unspecified atom stereocenters. The number of carbonyl (C=O) groups is 2. The van der Waals surface area contributed by atoms with Gasteiger partial charge in [0, 0.05) is 36.8 Å². The average Bonchev–Trinajstić information content (AvgIpc) is 3.30. The molecule has 1 N–H and O–H groups in total. The molecule has 1 saturated heterocycles. The molecule has 1 aliphatic heterocycles. The highest BCUT2D eigenvalue weighted by molar-refractivity contribution is 6.03. The van der Waals surface area contributed by atoms with E-state index >= 15 is 0 Å². The van der Waals surface area contributed by atoms with Crippen LogP contribution in [0, 0.1) is 26.7 Å². The summed E-state index contributed by atoms with van der Waals surface area (Å²) in [6, 6.07) is 13.3. The predicted molar refractivity (Wildman–Crippen MR) is 109 cm³/mol. The normalized spacial score (nSPS) is 16.3. The maximum Gasteiger partial charge on any atom is 0.229 e. The predicted octanol–water partition coefficient (Wildman–Crippen LogP) is 3.65. The lowest BCUT2D eigenvalue weighted by Crippen LogP contribution is -2.28. The Hall–Kier alpha value is -3.48. The summed E-state index contributed by atoms with van der Waals surface area (Å²) in [6.07, 6.45) is 0.183. The van der Waals surface area contributed by atoms with E-state index in [9.17, 15) is 9.59 Å². The van der Waals surface area contributed by atoms with E-state index < -0.39 is 5.92 Å². The Kier molecular flexibility index (Phi) is 4.88. The summed E-state index contributed by atoms with van der Waals surface area (Å²) < 4.78 is 5.03. The Bertz CT molecular complexity index is 1090. The van der Waals surface area contributed by atoms with Crippen molar-refractivity contribution in [3.8, 4) is 11.4 Å². The number of hydrogen-bond acceptors (Lipinski definition) is 5. The van der Waals surface area contributed by atoms with Gasteiger partial charge in [-0.15, -0.1) is 0 Å². The van der Waals surface area contributed by atoms with Crippen LogP contribution in [0.3, 0.4) is 0 Å². The zero-order chi connectivity index (χ0) is 20.5. The zero-order valence-electron chi connectivity index (χ0n) is 16.6. The number of carbonyl (C=O) groups excluding carboxylic acids is 2. The van der Waals surface area contributed by atoms with Crippen molar-refractivity contribution < 1.29 is 14.1 Å². The summed E-state index contributed by atoms with van der Waals surface area (Å²) in [5.41, 5.74) is 4.40. The monoisotopic (exact) mass is 390 g/mol. The number of rotatable bonds is 4. The number of aryl methyl sites for hydroxylation is 3. The van der Waals surface area contributed by atoms with Gasteiger partial charge in [-0.3, -0.25) is 9.59 Å². The van der Waals surface area contributed by atoms with Crippen molar-refractivity contribution in [3.05, 3.63) is 59.5 Å². The first-order valence-corrected chi connectivity index (χ1v) is 9.50. The highest BCUT2D eigenvalue weighted by atomic mass is 16.5. The molecule has 148 valence electrons. The van der Waals surface area contributed by atoms with Crippen LogP contribution < -0.4 is 10.2 Å².